The monoisotopic (exact) mass is 232 g/mol. The van der Waals surface area contributed by atoms with Gasteiger partial charge in [-0.2, -0.15) is 0 Å². The lowest BCUT2D eigenvalue weighted by atomic mass is 9.58. The zero-order valence-electron chi connectivity index (χ0n) is 11.5. The largest absolute Gasteiger partial charge is 0.303 e. The van der Waals surface area contributed by atoms with Gasteiger partial charge in [-0.15, -0.1) is 0 Å². The number of hydrogen-bond donors (Lipinski definition) is 0. The van der Waals surface area contributed by atoms with Gasteiger partial charge in [0, 0.05) is 5.41 Å². The third kappa shape index (κ3) is 1.90. The summed E-state index contributed by atoms with van der Waals surface area (Å²) in [6, 6.07) is 0. The summed E-state index contributed by atoms with van der Waals surface area (Å²) in [5.41, 5.74) is 2.91. The lowest BCUT2D eigenvalue weighted by Gasteiger charge is -2.44. The lowest BCUT2D eigenvalue weighted by Crippen LogP contribution is -2.40. The molecule has 0 aromatic rings. The van der Waals surface area contributed by atoms with E-state index in [0.29, 0.717) is 5.92 Å². The van der Waals surface area contributed by atoms with Crippen LogP contribution >= 0.6 is 0 Å². The zero-order valence-corrected chi connectivity index (χ0v) is 11.5. The normalized spacial score (nSPS) is 36.4. The predicted octanol–water partition coefficient (Wildman–Crippen LogP) is 4.29. The van der Waals surface area contributed by atoms with Crippen LogP contribution in [0.15, 0.2) is 23.3 Å². The number of hydrogen-bond acceptors (Lipinski definition) is 1. The van der Waals surface area contributed by atoms with E-state index in [1.54, 1.807) is 0 Å². The lowest BCUT2D eigenvalue weighted by molar-refractivity contribution is -0.122. The molecule has 2 rings (SSSR count). The Bertz CT molecular complexity index is 386. The van der Waals surface area contributed by atoms with Crippen LogP contribution in [0.3, 0.4) is 0 Å². The molecule has 2 aliphatic carbocycles. The van der Waals surface area contributed by atoms with Crippen LogP contribution in [-0.4, -0.2) is 6.29 Å². The first-order chi connectivity index (χ1) is 7.92. The van der Waals surface area contributed by atoms with Crippen molar-refractivity contribution in [1.82, 2.24) is 0 Å². The van der Waals surface area contributed by atoms with Gasteiger partial charge in [-0.1, -0.05) is 37.1 Å². The number of allylic oxidation sites excluding steroid dienone is 4. The Hall–Kier alpha value is -0.850. The van der Waals surface area contributed by atoms with Gasteiger partial charge >= 0.3 is 0 Å². The Kier molecular flexibility index (Phi) is 3.05. The molecule has 0 spiro atoms. The fourth-order valence-corrected chi connectivity index (χ4v) is 3.83. The minimum absolute atomic E-state index is 0.114. The fourth-order valence-electron chi connectivity index (χ4n) is 3.83. The molecule has 0 radical (unpaired) electrons. The van der Waals surface area contributed by atoms with Crippen molar-refractivity contribution < 1.29 is 4.79 Å². The highest BCUT2D eigenvalue weighted by Gasteiger charge is 2.49. The maximum Gasteiger partial charge on any atom is 0.126 e. The number of carbonyl (C=O) groups is 1. The highest BCUT2D eigenvalue weighted by molar-refractivity contribution is 5.62. The fraction of sp³-hybridized carbons (Fsp3) is 0.688. The van der Waals surface area contributed by atoms with E-state index >= 15 is 0 Å². The molecule has 0 saturated carbocycles. The first-order valence-electron chi connectivity index (χ1n) is 6.71. The quantitative estimate of drug-likeness (QED) is 0.512. The Morgan fingerprint density at radius 1 is 1.29 bits per heavy atom. The van der Waals surface area contributed by atoms with Crippen molar-refractivity contribution in [3.8, 4) is 0 Å². The molecule has 1 heteroatoms. The molecular weight excluding hydrogens is 208 g/mol. The summed E-state index contributed by atoms with van der Waals surface area (Å²) in [6.07, 6.45) is 10.0. The van der Waals surface area contributed by atoms with Crippen LogP contribution in [0.2, 0.25) is 0 Å². The maximum atomic E-state index is 11.8. The van der Waals surface area contributed by atoms with Gasteiger partial charge in [0.25, 0.3) is 0 Å². The van der Waals surface area contributed by atoms with E-state index < -0.39 is 0 Å². The van der Waals surface area contributed by atoms with Gasteiger partial charge in [0.05, 0.1) is 0 Å². The van der Waals surface area contributed by atoms with E-state index in [9.17, 15) is 4.79 Å². The molecule has 2 atom stereocenters. The zero-order chi connectivity index (χ0) is 12.7. The van der Waals surface area contributed by atoms with Crippen LogP contribution in [0.25, 0.3) is 0 Å². The molecule has 0 heterocycles. The molecule has 2 unspecified atom stereocenters. The topological polar surface area (TPSA) is 17.1 Å². The molecule has 0 fully saturated rings. The van der Waals surface area contributed by atoms with E-state index in [-0.39, 0.29) is 10.8 Å². The average Bonchev–Trinajstić information content (AvgIpc) is 2.54. The molecule has 0 saturated heterocycles. The van der Waals surface area contributed by atoms with Gasteiger partial charge < -0.3 is 4.79 Å². The smallest absolute Gasteiger partial charge is 0.126 e. The van der Waals surface area contributed by atoms with Crippen molar-refractivity contribution in [3.63, 3.8) is 0 Å². The van der Waals surface area contributed by atoms with Crippen molar-refractivity contribution in [3.05, 3.63) is 23.3 Å². The van der Waals surface area contributed by atoms with Crippen LogP contribution in [0.4, 0.5) is 0 Å². The summed E-state index contributed by atoms with van der Waals surface area (Å²) in [4.78, 5) is 11.8. The van der Waals surface area contributed by atoms with Crippen molar-refractivity contribution in [1.29, 1.82) is 0 Å². The summed E-state index contributed by atoms with van der Waals surface area (Å²) in [6.45, 7) is 8.98. The first-order valence-corrected chi connectivity index (χ1v) is 6.71. The Balaban J connectivity index is 2.32. The number of carbonyl (C=O) groups excluding carboxylic acids is 1. The standard InChI is InChI=1S/C16H24O/c1-12-6-5-9-16(10-12,11-17)14-8-7-13(2)15(14,3)4/h6-7,11,14H,5,8-10H2,1-4H3. The molecule has 0 N–H and O–H groups in total. The summed E-state index contributed by atoms with van der Waals surface area (Å²) >= 11 is 0. The van der Waals surface area contributed by atoms with Gasteiger partial charge in [-0.3, -0.25) is 0 Å². The van der Waals surface area contributed by atoms with Crippen molar-refractivity contribution >= 4 is 6.29 Å². The average molecular weight is 232 g/mol. The summed E-state index contributed by atoms with van der Waals surface area (Å²) < 4.78 is 0. The molecule has 0 aliphatic heterocycles. The van der Waals surface area contributed by atoms with Crippen LogP contribution in [0, 0.1) is 16.7 Å². The van der Waals surface area contributed by atoms with Crippen LogP contribution < -0.4 is 0 Å². The Morgan fingerprint density at radius 3 is 2.47 bits per heavy atom. The van der Waals surface area contributed by atoms with E-state index in [4.69, 9.17) is 0 Å². The van der Waals surface area contributed by atoms with E-state index in [0.717, 1.165) is 25.7 Å². The van der Waals surface area contributed by atoms with Gasteiger partial charge in [0.15, 0.2) is 0 Å². The highest BCUT2D eigenvalue weighted by Crippen LogP contribution is 2.55. The van der Waals surface area contributed by atoms with Gasteiger partial charge in [-0.05, 0) is 50.9 Å². The third-order valence-electron chi connectivity index (χ3n) is 5.19. The predicted molar refractivity (Wildman–Crippen MR) is 71.8 cm³/mol. The van der Waals surface area contributed by atoms with Crippen molar-refractivity contribution in [2.75, 3.05) is 0 Å². The minimum Gasteiger partial charge on any atom is -0.303 e. The molecule has 0 aromatic heterocycles. The number of aldehydes is 1. The van der Waals surface area contributed by atoms with Gasteiger partial charge in [0.2, 0.25) is 0 Å². The molecule has 94 valence electrons. The first kappa shape index (κ1) is 12.6. The van der Waals surface area contributed by atoms with E-state index in [2.05, 4.69) is 39.8 Å². The van der Waals surface area contributed by atoms with Crippen LogP contribution in [0.5, 0.6) is 0 Å². The molecule has 0 aromatic carbocycles. The second kappa shape index (κ2) is 4.12. The SMILES string of the molecule is CC1=CCCC(C=O)(C2CC=C(C)C2(C)C)C1. The Morgan fingerprint density at radius 2 is 2.00 bits per heavy atom. The third-order valence-corrected chi connectivity index (χ3v) is 5.19. The van der Waals surface area contributed by atoms with E-state index in [1.165, 1.54) is 17.4 Å². The molecule has 0 amide bonds. The Labute approximate surface area is 105 Å². The van der Waals surface area contributed by atoms with Gasteiger partial charge in [0.1, 0.15) is 6.29 Å². The molecule has 1 nitrogen and oxygen atoms in total. The number of rotatable bonds is 2. The summed E-state index contributed by atoms with van der Waals surface area (Å²) in [5, 5.41) is 0. The second-order valence-electron chi connectivity index (χ2n) is 6.51. The van der Waals surface area contributed by atoms with Crippen LogP contribution in [0.1, 0.15) is 53.4 Å². The van der Waals surface area contributed by atoms with E-state index in [1.807, 2.05) is 0 Å². The maximum absolute atomic E-state index is 11.8. The molecule has 2 aliphatic rings. The minimum atomic E-state index is -0.114. The second-order valence-corrected chi connectivity index (χ2v) is 6.51. The molecular formula is C16H24O. The van der Waals surface area contributed by atoms with Crippen LogP contribution in [-0.2, 0) is 4.79 Å². The highest BCUT2D eigenvalue weighted by atomic mass is 16.1. The summed E-state index contributed by atoms with van der Waals surface area (Å²) in [5.74, 6) is 0.483. The molecule has 0 bridgehead atoms. The van der Waals surface area contributed by atoms with Crippen molar-refractivity contribution in [2.45, 2.75) is 53.4 Å². The van der Waals surface area contributed by atoms with Gasteiger partial charge in [-0.25, -0.2) is 0 Å². The van der Waals surface area contributed by atoms with Crippen molar-refractivity contribution in [2.24, 2.45) is 16.7 Å². The molecule has 17 heavy (non-hydrogen) atoms. The summed E-state index contributed by atoms with van der Waals surface area (Å²) in [7, 11) is 0.